The fraction of sp³-hybridized carbons (Fsp3) is 0.600. The Labute approximate surface area is 149 Å². The third kappa shape index (κ3) is 3.32. The van der Waals surface area contributed by atoms with Gasteiger partial charge in [0.2, 0.25) is 0 Å². The van der Waals surface area contributed by atoms with Crippen molar-refractivity contribution in [2.24, 2.45) is 0 Å². The number of benzene rings is 1. The van der Waals surface area contributed by atoms with Crippen LogP contribution in [0.3, 0.4) is 0 Å². The molecular weight excluding hydrogens is 387 g/mol. The topological polar surface area (TPSA) is 104 Å². The second kappa shape index (κ2) is 6.78. The van der Waals surface area contributed by atoms with E-state index in [4.69, 9.17) is 9.05 Å². The summed E-state index contributed by atoms with van der Waals surface area (Å²) < 4.78 is 72.5. The van der Waals surface area contributed by atoms with Crippen molar-refractivity contribution >= 4 is 27.3 Å². The fourth-order valence-corrected chi connectivity index (χ4v) is 11.7. The van der Waals surface area contributed by atoms with E-state index >= 15 is 0 Å². The van der Waals surface area contributed by atoms with Crippen LogP contribution in [0.1, 0.15) is 25.8 Å². The van der Waals surface area contributed by atoms with Gasteiger partial charge in [-0.1, -0.05) is 17.7 Å². The fourth-order valence-electron chi connectivity index (χ4n) is 2.93. The van der Waals surface area contributed by atoms with Crippen LogP contribution in [0.25, 0.3) is 0 Å². The van der Waals surface area contributed by atoms with Crippen molar-refractivity contribution in [1.29, 1.82) is 0 Å². The van der Waals surface area contributed by atoms with Crippen LogP contribution in [0, 0.1) is 6.92 Å². The molecule has 142 valence electrons. The monoisotopic (exact) mass is 410 g/mol. The van der Waals surface area contributed by atoms with E-state index < -0.39 is 37.0 Å². The highest BCUT2D eigenvalue weighted by atomic mass is 32.2. The van der Waals surface area contributed by atoms with Gasteiger partial charge < -0.3 is 9.05 Å². The average Bonchev–Trinajstić information content (AvgIpc) is 3.26. The lowest BCUT2D eigenvalue weighted by Crippen LogP contribution is -2.32. The zero-order chi connectivity index (χ0) is 19.1. The summed E-state index contributed by atoms with van der Waals surface area (Å²) in [7, 11) is -12.3. The zero-order valence-corrected chi connectivity index (χ0v) is 17.2. The lowest BCUT2D eigenvalue weighted by Gasteiger charge is -2.27. The van der Waals surface area contributed by atoms with E-state index in [1.165, 1.54) is 12.1 Å². The molecule has 0 saturated heterocycles. The van der Waals surface area contributed by atoms with Gasteiger partial charge in [0.1, 0.15) is 0 Å². The summed E-state index contributed by atoms with van der Waals surface area (Å²) in [6, 6.07) is 5.97. The van der Waals surface area contributed by atoms with Crippen LogP contribution in [-0.4, -0.2) is 46.0 Å². The first-order valence-electron chi connectivity index (χ1n) is 7.85. The Morgan fingerprint density at radius 1 is 1.08 bits per heavy atom. The van der Waals surface area contributed by atoms with E-state index in [-0.39, 0.29) is 24.5 Å². The molecule has 0 unspecified atom stereocenters. The smallest absolute Gasteiger partial charge is 0.308 e. The molecule has 0 radical (unpaired) electrons. The Bertz CT molecular complexity index is 880. The van der Waals surface area contributed by atoms with Gasteiger partial charge in [0, 0.05) is 6.26 Å². The summed E-state index contributed by atoms with van der Waals surface area (Å²) in [5.74, 6) is 0. The molecule has 0 bridgehead atoms. The largest absolute Gasteiger partial charge is 0.353 e. The van der Waals surface area contributed by atoms with Crippen molar-refractivity contribution in [1.82, 2.24) is 0 Å². The van der Waals surface area contributed by atoms with E-state index in [2.05, 4.69) is 0 Å². The number of hydrogen-bond acceptors (Lipinski definition) is 7. The summed E-state index contributed by atoms with van der Waals surface area (Å²) in [6.45, 7) is 4.79. The van der Waals surface area contributed by atoms with Gasteiger partial charge in [0.15, 0.2) is 24.2 Å². The Hall–Kier alpha value is -0.730. The standard InChI is InChI=1S/C15H23O7PS2/c1-5-21-23(16,22-6-2)15(11-14(15)24(4,17)18)25(19,20)13-9-7-12(3)8-10-13/h7-10,14H,5-6,11H2,1-4H3/t14-,15-/m1/s1. The Morgan fingerprint density at radius 2 is 1.56 bits per heavy atom. The van der Waals surface area contributed by atoms with Crippen molar-refractivity contribution in [3.8, 4) is 0 Å². The molecule has 1 saturated carbocycles. The van der Waals surface area contributed by atoms with Crippen molar-refractivity contribution in [3.63, 3.8) is 0 Å². The quantitative estimate of drug-likeness (QED) is 0.607. The number of sulfone groups is 2. The van der Waals surface area contributed by atoms with Crippen LogP contribution in [0.4, 0.5) is 0 Å². The van der Waals surface area contributed by atoms with Gasteiger partial charge >= 0.3 is 7.60 Å². The first-order chi connectivity index (χ1) is 11.5. The molecule has 0 aromatic heterocycles. The van der Waals surface area contributed by atoms with Crippen LogP contribution >= 0.6 is 7.60 Å². The van der Waals surface area contributed by atoms with E-state index in [9.17, 15) is 21.4 Å². The molecule has 0 N–H and O–H groups in total. The second-order valence-electron chi connectivity index (χ2n) is 6.02. The van der Waals surface area contributed by atoms with Crippen LogP contribution in [0.15, 0.2) is 29.2 Å². The van der Waals surface area contributed by atoms with E-state index in [1.54, 1.807) is 32.9 Å². The first kappa shape index (κ1) is 20.6. The summed E-state index contributed by atoms with van der Waals surface area (Å²) in [4.78, 5) is -0.0936. The predicted octanol–water partition coefficient (Wildman–Crippen LogP) is 2.55. The average molecular weight is 410 g/mol. The SMILES string of the molecule is CCOP(=O)(OCC)[C@@]1(S(=O)(=O)c2ccc(C)cc2)C[C@H]1S(C)(=O)=O. The molecule has 1 fully saturated rings. The van der Waals surface area contributed by atoms with E-state index in [1.807, 2.05) is 0 Å². The minimum atomic E-state index is -4.27. The minimum absolute atomic E-state index is 0.0566. The molecule has 1 aromatic rings. The molecule has 0 amide bonds. The van der Waals surface area contributed by atoms with Gasteiger partial charge in [0.05, 0.1) is 23.4 Å². The van der Waals surface area contributed by atoms with E-state index in [0.29, 0.717) is 0 Å². The molecule has 10 heteroatoms. The predicted molar refractivity (Wildman–Crippen MR) is 95.2 cm³/mol. The van der Waals surface area contributed by atoms with Crippen LogP contribution in [0.2, 0.25) is 0 Å². The van der Waals surface area contributed by atoms with Crippen molar-refractivity contribution in [2.75, 3.05) is 19.5 Å². The second-order valence-corrected chi connectivity index (χ2v) is 13.1. The number of hydrogen-bond donors (Lipinski definition) is 0. The Morgan fingerprint density at radius 3 is 1.92 bits per heavy atom. The zero-order valence-electron chi connectivity index (χ0n) is 14.6. The summed E-state index contributed by atoms with van der Waals surface area (Å²) in [6.07, 6.45) is 0.631. The first-order valence-corrected chi connectivity index (χ1v) is 12.8. The third-order valence-electron chi connectivity index (χ3n) is 4.20. The normalized spacial score (nSPS) is 24.2. The van der Waals surface area contributed by atoms with Crippen molar-refractivity contribution in [3.05, 3.63) is 29.8 Å². The molecular formula is C15H23O7PS2. The summed E-state index contributed by atoms with van der Waals surface area (Å²) >= 11 is 0. The molecule has 2 rings (SSSR count). The van der Waals surface area contributed by atoms with Crippen LogP contribution in [0.5, 0.6) is 0 Å². The van der Waals surface area contributed by atoms with Gasteiger partial charge in [0.25, 0.3) is 0 Å². The lowest BCUT2D eigenvalue weighted by atomic mass is 10.2. The molecule has 7 nitrogen and oxygen atoms in total. The number of aryl methyl sites for hydroxylation is 1. The maximum atomic E-state index is 13.4. The molecule has 0 heterocycles. The van der Waals surface area contributed by atoms with Gasteiger partial charge in [-0.15, -0.1) is 0 Å². The van der Waals surface area contributed by atoms with Crippen LogP contribution in [-0.2, 0) is 33.3 Å². The molecule has 25 heavy (non-hydrogen) atoms. The summed E-state index contributed by atoms with van der Waals surface area (Å²) in [5.41, 5.74) is 0.848. The van der Waals surface area contributed by atoms with Gasteiger partial charge in [-0.25, -0.2) is 16.8 Å². The minimum Gasteiger partial charge on any atom is -0.308 e. The molecule has 1 aliphatic carbocycles. The molecule has 2 atom stereocenters. The molecule has 0 spiro atoms. The van der Waals surface area contributed by atoms with Gasteiger partial charge in [-0.2, -0.15) is 0 Å². The number of rotatable bonds is 8. The lowest BCUT2D eigenvalue weighted by molar-refractivity contribution is 0.216. The van der Waals surface area contributed by atoms with Crippen molar-refractivity contribution < 1.29 is 30.4 Å². The Kier molecular flexibility index (Phi) is 5.58. The van der Waals surface area contributed by atoms with Crippen LogP contribution < -0.4 is 0 Å². The maximum Gasteiger partial charge on any atom is 0.353 e. The highest BCUT2D eigenvalue weighted by Gasteiger charge is 2.79. The Balaban J connectivity index is 2.70. The molecule has 0 aliphatic heterocycles. The van der Waals surface area contributed by atoms with Gasteiger partial charge in [-0.3, -0.25) is 4.57 Å². The molecule has 1 aromatic carbocycles. The highest BCUT2D eigenvalue weighted by molar-refractivity contribution is 8.03. The van der Waals surface area contributed by atoms with E-state index in [0.717, 1.165) is 11.8 Å². The third-order valence-corrected chi connectivity index (χ3v) is 12.4. The molecule has 1 aliphatic rings. The summed E-state index contributed by atoms with van der Waals surface area (Å²) in [5, 5.41) is -1.32. The van der Waals surface area contributed by atoms with Crippen molar-refractivity contribution in [2.45, 2.75) is 41.8 Å². The highest BCUT2D eigenvalue weighted by Crippen LogP contribution is 2.76. The van der Waals surface area contributed by atoms with Gasteiger partial charge in [-0.05, 0) is 39.3 Å². The maximum absolute atomic E-state index is 13.4.